The van der Waals surface area contributed by atoms with Gasteiger partial charge in [-0.15, -0.1) is 0 Å². The first-order chi connectivity index (χ1) is 9.35. The summed E-state index contributed by atoms with van der Waals surface area (Å²) >= 11 is 4.48. The summed E-state index contributed by atoms with van der Waals surface area (Å²) in [6.45, 7) is 3.29. The molecular formula is C17H19NS. The van der Waals surface area contributed by atoms with Crippen LogP contribution in [0.2, 0.25) is 0 Å². The molecule has 2 aromatic carbocycles. The molecule has 0 saturated carbocycles. The van der Waals surface area contributed by atoms with Gasteiger partial charge in [-0.2, -0.15) is 12.6 Å². The van der Waals surface area contributed by atoms with Crippen molar-refractivity contribution in [3.05, 3.63) is 48.5 Å². The minimum Gasteiger partial charge on any atom is -0.340 e. The monoisotopic (exact) mass is 269 g/mol. The normalized spacial score (nSPS) is 13.2. The molecule has 0 saturated heterocycles. The van der Waals surface area contributed by atoms with Gasteiger partial charge in [0.05, 0.1) is 0 Å². The van der Waals surface area contributed by atoms with Crippen molar-refractivity contribution in [2.24, 2.45) is 5.92 Å². The number of aromatic nitrogens is 1. The van der Waals surface area contributed by atoms with Crippen LogP contribution in [0.25, 0.3) is 21.8 Å². The fourth-order valence-electron chi connectivity index (χ4n) is 2.77. The summed E-state index contributed by atoms with van der Waals surface area (Å²) in [5.74, 6) is 1.57. The number of hydrogen-bond acceptors (Lipinski definition) is 1. The molecule has 0 fully saturated rings. The van der Waals surface area contributed by atoms with E-state index in [4.69, 9.17) is 0 Å². The van der Waals surface area contributed by atoms with E-state index < -0.39 is 0 Å². The summed E-state index contributed by atoms with van der Waals surface area (Å²) in [5, 5.41) is 2.71. The number of rotatable bonds is 4. The van der Waals surface area contributed by atoms with Crippen molar-refractivity contribution in [2.45, 2.75) is 19.9 Å². The lowest BCUT2D eigenvalue weighted by atomic mass is 10.1. The molecule has 1 atom stereocenters. The first kappa shape index (κ1) is 12.6. The van der Waals surface area contributed by atoms with Crippen molar-refractivity contribution in [1.29, 1.82) is 0 Å². The lowest BCUT2D eigenvalue weighted by molar-refractivity contribution is 0.494. The fraction of sp³-hybridized carbons (Fsp3) is 0.294. The van der Waals surface area contributed by atoms with E-state index in [2.05, 4.69) is 72.7 Å². The quantitative estimate of drug-likeness (QED) is 0.652. The minimum absolute atomic E-state index is 0.627. The SMILES string of the molecule is CCC(CS)Cn1c2ccccc2c2ccccc21. The van der Waals surface area contributed by atoms with Crippen molar-refractivity contribution in [1.82, 2.24) is 4.57 Å². The molecule has 0 aliphatic rings. The molecular weight excluding hydrogens is 250 g/mol. The highest BCUT2D eigenvalue weighted by Crippen LogP contribution is 2.29. The first-order valence-electron chi connectivity index (χ1n) is 6.92. The van der Waals surface area contributed by atoms with Crippen molar-refractivity contribution in [3.63, 3.8) is 0 Å². The van der Waals surface area contributed by atoms with E-state index in [0.717, 1.165) is 12.3 Å². The number of benzene rings is 2. The lowest BCUT2D eigenvalue weighted by Crippen LogP contribution is -2.11. The highest BCUT2D eigenvalue weighted by molar-refractivity contribution is 7.80. The van der Waals surface area contributed by atoms with Gasteiger partial charge in [0.1, 0.15) is 0 Å². The fourth-order valence-corrected chi connectivity index (χ4v) is 3.15. The molecule has 0 N–H and O–H groups in total. The molecule has 98 valence electrons. The maximum atomic E-state index is 4.48. The molecule has 0 spiro atoms. The largest absolute Gasteiger partial charge is 0.340 e. The molecule has 1 aromatic heterocycles. The van der Waals surface area contributed by atoms with Gasteiger partial charge in [0, 0.05) is 28.4 Å². The Balaban J connectivity index is 2.24. The van der Waals surface area contributed by atoms with Gasteiger partial charge in [-0.3, -0.25) is 0 Å². The first-order valence-corrected chi connectivity index (χ1v) is 7.55. The van der Waals surface area contributed by atoms with Crippen LogP contribution in [0.15, 0.2) is 48.5 Å². The second-order valence-electron chi connectivity index (χ2n) is 5.10. The molecule has 1 nitrogen and oxygen atoms in total. The van der Waals surface area contributed by atoms with Crippen LogP contribution in [-0.4, -0.2) is 10.3 Å². The predicted molar refractivity (Wildman–Crippen MR) is 87.1 cm³/mol. The van der Waals surface area contributed by atoms with E-state index >= 15 is 0 Å². The molecule has 1 unspecified atom stereocenters. The van der Waals surface area contributed by atoms with Crippen molar-refractivity contribution in [3.8, 4) is 0 Å². The van der Waals surface area contributed by atoms with E-state index in [1.165, 1.54) is 28.2 Å². The Labute approximate surface area is 119 Å². The number of hydrogen-bond donors (Lipinski definition) is 1. The van der Waals surface area contributed by atoms with E-state index in [1.807, 2.05) is 0 Å². The van der Waals surface area contributed by atoms with Gasteiger partial charge in [0.25, 0.3) is 0 Å². The molecule has 3 aromatic rings. The maximum Gasteiger partial charge on any atom is 0.0491 e. The van der Waals surface area contributed by atoms with E-state index in [1.54, 1.807) is 0 Å². The van der Waals surface area contributed by atoms with Gasteiger partial charge >= 0.3 is 0 Å². The standard InChI is InChI=1S/C17H19NS/c1-2-13(12-19)11-18-16-9-5-3-7-14(16)15-8-4-6-10-17(15)18/h3-10,13,19H,2,11-12H2,1H3. The molecule has 0 bridgehead atoms. The Morgan fingerprint density at radius 2 is 1.47 bits per heavy atom. The third-order valence-electron chi connectivity index (χ3n) is 3.96. The van der Waals surface area contributed by atoms with Crippen LogP contribution in [0.3, 0.4) is 0 Å². The lowest BCUT2D eigenvalue weighted by Gasteiger charge is -2.15. The average molecular weight is 269 g/mol. The second-order valence-corrected chi connectivity index (χ2v) is 5.47. The van der Waals surface area contributed by atoms with Gasteiger partial charge < -0.3 is 4.57 Å². The second kappa shape index (κ2) is 5.30. The van der Waals surface area contributed by atoms with Crippen LogP contribution in [0, 0.1) is 5.92 Å². The summed E-state index contributed by atoms with van der Waals surface area (Å²) < 4.78 is 2.45. The molecule has 1 heterocycles. The summed E-state index contributed by atoms with van der Waals surface area (Å²) in [7, 11) is 0. The highest BCUT2D eigenvalue weighted by atomic mass is 32.1. The van der Waals surface area contributed by atoms with Crippen molar-refractivity contribution >= 4 is 34.4 Å². The van der Waals surface area contributed by atoms with Gasteiger partial charge in [-0.25, -0.2) is 0 Å². The Hall–Kier alpha value is -1.41. The number of thiol groups is 1. The summed E-state index contributed by atoms with van der Waals surface area (Å²) in [4.78, 5) is 0. The molecule has 0 aliphatic carbocycles. The summed E-state index contributed by atoms with van der Waals surface area (Å²) in [5.41, 5.74) is 2.67. The number of nitrogens with zero attached hydrogens (tertiary/aromatic N) is 1. The summed E-state index contributed by atoms with van der Waals surface area (Å²) in [6, 6.07) is 17.4. The Morgan fingerprint density at radius 1 is 0.947 bits per heavy atom. The number of para-hydroxylation sites is 2. The smallest absolute Gasteiger partial charge is 0.0491 e. The minimum atomic E-state index is 0.627. The number of fused-ring (bicyclic) bond motifs is 3. The maximum absolute atomic E-state index is 4.48. The third kappa shape index (κ3) is 2.14. The van der Waals surface area contributed by atoms with E-state index in [-0.39, 0.29) is 0 Å². The third-order valence-corrected chi connectivity index (χ3v) is 4.47. The highest BCUT2D eigenvalue weighted by Gasteiger charge is 2.12. The van der Waals surface area contributed by atoms with Gasteiger partial charge in [0.15, 0.2) is 0 Å². The van der Waals surface area contributed by atoms with Crippen LogP contribution in [0.5, 0.6) is 0 Å². The molecule has 3 rings (SSSR count). The molecule has 19 heavy (non-hydrogen) atoms. The molecule has 0 amide bonds. The van der Waals surface area contributed by atoms with E-state index in [9.17, 15) is 0 Å². The zero-order chi connectivity index (χ0) is 13.2. The Kier molecular flexibility index (Phi) is 3.52. The van der Waals surface area contributed by atoms with Crippen LogP contribution in [0.1, 0.15) is 13.3 Å². The Morgan fingerprint density at radius 3 is 1.95 bits per heavy atom. The van der Waals surface area contributed by atoms with Gasteiger partial charge in [0.2, 0.25) is 0 Å². The van der Waals surface area contributed by atoms with Crippen LogP contribution in [0.4, 0.5) is 0 Å². The van der Waals surface area contributed by atoms with Crippen molar-refractivity contribution < 1.29 is 0 Å². The van der Waals surface area contributed by atoms with Crippen LogP contribution in [-0.2, 0) is 6.54 Å². The van der Waals surface area contributed by atoms with Crippen molar-refractivity contribution in [2.75, 3.05) is 5.75 Å². The topological polar surface area (TPSA) is 4.93 Å². The van der Waals surface area contributed by atoms with E-state index in [0.29, 0.717) is 5.92 Å². The van der Waals surface area contributed by atoms with Gasteiger partial charge in [-0.1, -0.05) is 49.7 Å². The Bertz CT molecular complexity index is 641. The van der Waals surface area contributed by atoms with Crippen LogP contribution >= 0.6 is 12.6 Å². The molecule has 2 heteroatoms. The zero-order valence-electron chi connectivity index (χ0n) is 11.2. The summed E-state index contributed by atoms with van der Waals surface area (Å²) in [6.07, 6.45) is 1.17. The van der Waals surface area contributed by atoms with Crippen LogP contribution < -0.4 is 0 Å². The van der Waals surface area contributed by atoms with Gasteiger partial charge in [-0.05, 0) is 23.8 Å². The average Bonchev–Trinajstić information content (AvgIpc) is 2.79. The molecule has 0 radical (unpaired) electrons. The molecule has 0 aliphatic heterocycles. The predicted octanol–water partition coefficient (Wildman–Crippen LogP) is 4.75. The zero-order valence-corrected chi connectivity index (χ0v) is 12.1.